The van der Waals surface area contributed by atoms with E-state index in [1.54, 1.807) is 12.1 Å². The molecule has 0 saturated heterocycles. The van der Waals surface area contributed by atoms with Gasteiger partial charge in [-0.25, -0.2) is 0 Å². The van der Waals surface area contributed by atoms with Gasteiger partial charge in [0.2, 0.25) is 0 Å². The smallest absolute Gasteiger partial charge is 0.269 e. The van der Waals surface area contributed by atoms with Crippen LogP contribution in [0.2, 0.25) is 0 Å². The number of nitro groups is 1. The number of non-ortho nitro benzene ring substituents is 1. The molecule has 0 spiro atoms. The van der Waals surface area contributed by atoms with E-state index in [0.29, 0.717) is 11.5 Å². The minimum atomic E-state index is -0.706. The van der Waals surface area contributed by atoms with Gasteiger partial charge in [-0.15, -0.1) is 0 Å². The summed E-state index contributed by atoms with van der Waals surface area (Å²) in [6.07, 6.45) is -0.706. The molecule has 16 heavy (non-hydrogen) atoms. The lowest BCUT2D eigenvalue weighted by atomic mass is 10.2. The van der Waals surface area contributed by atoms with Crippen LogP contribution in [-0.4, -0.2) is 33.6 Å². The number of nitro benzene ring substituents is 1. The monoisotopic (exact) mass is 243 g/mol. The van der Waals surface area contributed by atoms with Gasteiger partial charge >= 0.3 is 0 Å². The van der Waals surface area contributed by atoms with Crippen molar-refractivity contribution < 1.29 is 15.1 Å². The van der Waals surface area contributed by atoms with E-state index in [-0.39, 0.29) is 12.3 Å². The fraction of sp³-hybridized carbons (Fsp3) is 0.400. The van der Waals surface area contributed by atoms with E-state index in [1.165, 1.54) is 23.9 Å². The maximum absolute atomic E-state index is 10.4. The molecule has 0 saturated carbocycles. The predicted octanol–water partition coefficient (Wildman–Crippen LogP) is 1.18. The van der Waals surface area contributed by atoms with Crippen LogP contribution in [0.3, 0.4) is 0 Å². The molecule has 0 aliphatic carbocycles. The second kappa shape index (κ2) is 6.47. The average Bonchev–Trinajstić information content (AvgIpc) is 2.29. The van der Waals surface area contributed by atoms with Gasteiger partial charge in [0.05, 0.1) is 17.6 Å². The highest BCUT2D eigenvalue weighted by Crippen LogP contribution is 2.17. The van der Waals surface area contributed by atoms with Crippen molar-refractivity contribution in [3.63, 3.8) is 0 Å². The van der Waals surface area contributed by atoms with Gasteiger partial charge < -0.3 is 10.2 Å². The minimum absolute atomic E-state index is 0.0733. The van der Waals surface area contributed by atoms with Crippen LogP contribution in [-0.2, 0) is 5.75 Å². The number of hydrogen-bond donors (Lipinski definition) is 2. The summed E-state index contributed by atoms with van der Waals surface area (Å²) in [6.45, 7) is -0.243. The summed E-state index contributed by atoms with van der Waals surface area (Å²) >= 11 is 1.47. The Morgan fingerprint density at radius 3 is 2.50 bits per heavy atom. The Morgan fingerprint density at radius 2 is 2.00 bits per heavy atom. The van der Waals surface area contributed by atoms with Crippen LogP contribution < -0.4 is 0 Å². The van der Waals surface area contributed by atoms with E-state index in [9.17, 15) is 10.1 Å². The third kappa shape index (κ3) is 4.18. The van der Waals surface area contributed by atoms with Crippen molar-refractivity contribution in [1.29, 1.82) is 0 Å². The van der Waals surface area contributed by atoms with Crippen LogP contribution in [0.4, 0.5) is 5.69 Å². The first-order valence-electron chi connectivity index (χ1n) is 4.73. The topological polar surface area (TPSA) is 83.6 Å². The fourth-order valence-corrected chi connectivity index (χ4v) is 2.00. The van der Waals surface area contributed by atoms with Crippen LogP contribution in [0.25, 0.3) is 0 Å². The van der Waals surface area contributed by atoms with Crippen molar-refractivity contribution in [1.82, 2.24) is 0 Å². The lowest BCUT2D eigenvalue weighted by molar-refractivity contribution is -0.384. The predicted molar refractivity (Wildman–Crippen MR) is 62.4 cm³/mol. The molecule has 0 heterocycles. The van der Waals surface area contributed by atoms with Gasteiger partial charge in [0.15, 0.2) is 0 Å². The molecular formula is C10H13NO4S. The Balaban J connectivity index is 2.40. The van der Waals surface area contributed by atoms with E-state index in [0.717, 1.165) is 5.56 Å². The lowest BCUT2D eigenvalue weighted by Gasteiger charge is -2.06. The molecule has 0 amide bonds. The van der Waals surface area contributed by atoms with Crippen molar-refractivity contribution in [2.45, 2.75) is 11.9 Å². The van der Waals surface area contributed by atoms with Crippen molar-refractivity contribution in [3.8, 4) is 0 Å². The average molecular weight is 243 g/mol. The number of thioether (sulfide) groups is 1. The Hall–Kier alpha value is -1.11. The van der Waals surface area contributed by atoms with Gasteiger partial charge in [0, 0.05) is 23.6 Å². The molecule has 6 heteroatoms. The van der Waals surface area contributed by atoms with Crippen LogP contribution in [0.1, 0.15) is 5.56 Å². The van der Waals surface area contributed by atoms with Gasteiger partial charge in [0.25, 0.3) is 5.69 Å². The first-order chi connectivity index (χ1) is 7.63. The van der Waals surface area contributed by atoms with Crippen LogP contribution in [0.15, 0.2) is 24.3 Å². The molecule has 0 aromatic heterocycles. The summed E-state index contributed by atoms with van der Waals surface area (Å²) in [5.41, 5.74) is 1.03. The number of nitrogens with zero attached hydrogens (tertiary/aromatic N) is 1. The summed E-state index contributed by atoms with van der Waals surface area (Å²) in [5, 5.41) is 28.1. The van der Waals surface area contributed by atoms with Crippen LogP contribution in [0.5, 0.6) is 0 Å². The Bertz CT molecular complexity index is 341. The molecule has 1 rings (SSSR count). The zero-order valence-corrected chi connectivity index (χ0v) is 9.39. The number of hydrogen-bond acceptors (Lipinski definition) is 5. The van der Waals surface area contributed by atoms with E-state index in [4.69, 9.17) is 10.2 Å². The van der Waals surface area contributed by atoms with Crippen LogP contribution in [0, 0.1) is 10.1 Å². The number of benzene rings is 1. The van der Waals surface area contributed by atoms with Gasteiger partial charge in [-0.05, 0) is 5.56 Å². The first-order valence-corrected chi connectivity index (χ1v) is 5.89. The SMILES string of the molecule is O=[N+]([O-])c1ccc(CSC[C@@H](O)CO)cc1. The molecule has 1 atom stereocenters. The molecule has 0 fully saturated rings. The molecular weight excluding hydrogens is 230 g/mol. The molecule has 1 aromatic carbocycles. The standard InChI is InChI=1S/C10H13NO4S/c12-5-10(13)7-16-6-8-1-3-9(4-2-8)11(14)15/h1-4,10,12-13H,5-7H2/t10-/m0/s1. The fourth-order valence-electron chi connectivity index (χ4n) is 1.08. The Morgan fingerprint density at radius 1 is 1.38 bits per heavy atom. The third-order valence-corrected chi connectivity index (χ3v) is 3.09. The summed E-state index contributed by atoms with van der Waals surface area (Å²) in [7, 11) is 0. The third-order valence-electron chi connectivity index (χ3n) is 1.94. The van der Waals surface area contributed by atoms with Gasteiger partial charge in [0.1, 0.15) is 0 Å². The summed E-state index contributed by atoms with van der Waals surface area (Å²) in [4.78, 5) is 9.96. The van der Waals surface area contributed by atoms with Crippen molar-refractivity contribution in [2.24, 2.45) is 0 Å². The second-order valence-electron chi connectivity index (χ2n) is 3.28. The lowest BCUT2D eigenvalue weighted by Crippen LogP contribution is -2.14. The highest BCUT2D eigenvalue weighted by Gasteiger charge is 2.05. The summed E-state index contributed by atoms with van der Waals surface area (Å²) in [5.74, 6) is 1.11. The molecule has 0 aliphatic heterocycles. The molecule has 1 aromatic rings. The van der Waals surface area contributed by atoms with E-state index in [1.807, 2.05) is 0 Å². The van der Waals surface area contributed by atoms with Crippen molar-refractivity contribution >= 4 is 17.4 Å². The highest BCUT2D eigenvalue weighted by molar-refractivity contribution is 7.98. The van der Waals surface area contributed by atoms with E-state index < -0.39 is 11.0 Å². The summed E-state index contributed by atoms with van der Waals surface area (Å²) in [6, 6.07) is 6.30. The number of aliphatic hydroxyl groups excluding tert-OH is 2. The molecule has 2 N–H and O–H groups in total. The van der Waals surface area contributed by atoms with Crippen molar-refractivity contribution in [2.75, 3.05) is 12.4 Å². The Kier molecular flexibility index (Phi) is 5.24. The number of aliphatic hydroxyl groups is 2. The summed E-state index contributed by atoms with van der Waals surface area (Å²) < 4.78 is 0. The highest BCUT2D eigenvalue weighted by atomic mass is 32.2. The molecule has 0 radical (unpaired) electrons. The second-order valence-corrected chi connectivity index (χ2v) is 4.31. The maximum Gasteiger partial charge on any atom is 0.269 e. The quantitative estimate of drug-likeness (QED) is 0.579. The maximum atomic E-state index is 10.4. The van der Waals surface area contributed by atoms with Gasteiger partial charge in [-0.2, -0.15) is 11.8 Å². The number of rotatable bonds is 6. The molecule has 0 unspecified atom stereocenters. The normalized spacial score (nSPS) is 12.4. The van der Waals surface area contributed by atoms with Crippen LogP contribution >= 0.6 is 11.8 Å². The van der Waals surface area contributed by atoms with E-state index in [2.05, 4.69) is 0 Å². The zero-order valence-electron chi connectivity index (χ0n) is 8.57. The Labute approximate surface area is 97.3 Å². The van der Waals surface area contributed by atoms with Crippen molar-refractivity contribution in [3.05, 3.63) is 39.9 Å². The van der Waals surface area contributed by atoms with Gasteiger partial charge in [-0.3, -0.25) is 10.1 Å². The zero-order chi connectivity index (χ0) is 12.0. The van der Waals surface area contributed by atoms with Gasteiger partial charge in [-0.1, -0.05) is 12.1 Å². The molecule has 88 valence electrons. The first kappa shape index (κ1) is 13.0. The minimum Gasteiger partial charge on any atom is -0.394 e. The van der Waals surface area contributed by atoms with E-state index >= 15 is 0 Å². The molecule has 0 bridgehead atoms. The molecule has 5 nitrogen and oxygen atoms in total. The largest absolute Gasteiger partial charge is 0.394 e. The molecule has 0 aliphatic rings.